The number of nitrogens with one attached hydrogen (secondary N) is 1. The Morgan fingerprint density at radius 2 is 2.14 bits per heavy atom. The summed E-state index contributed by atoms with van der Waals surface area (Å²) in [5.74, 6) is -2.09. The molecule has 1 saturated heterocycles. The van der Waals surface area contributed by atoms with Crippen LogP contribution in [0.5, 0.6) is 0 Å². The highest BCUT2D eigenvalue weighted by molar-refractivity contribution is 7.93. The second kappa shape index (κ2) is 7.98. The van der Waals surface area contributed by atoms with Crippen molar-refractivity contribution in [3.05, 3.63) is 34.3 Å². The van der Waals surface area contributed by atoms with Gasteiger partial charge in [0.05, 0.1) is 5.69 Å². The SMILES string of the molecule is CN(CC1CCN(c2cc(F)c(S(=O)(=O)Nc3nccs3)c(F)c2Cl)C1)C1CC1. The average molecular weight is 463 g/mol. The van der Waals surface area contributed by atoms with Crippen molar-refractivity contribution in [1.82, 2.24) is 9.88 Å². The van der Waals surface area contributed by atoms with E-state index in [0.29, 0.717) is 25.0 Å². The van der Waals surface area contributed by atoms with Gasteiger partial charge in [0, 0.05) is 43.3 Å². The molecule has 2 aromatic rings. The summed E-state index contributed by atoms with van der Waals surface area (Å²) < 4.78 is 56.6. The topological polar surface area (TPSA) is 65.5 Å². The van der Waals surface area contributed by atoms with Crippen molar-refractivity contribution < 1.29 is 17.2 Å². The standard InChI is InChI=1S/C18H21ClF2N4O2S2/c1-24(12-2-3-12)9-11-4-6-25(10-11)14-8-13(20)17(16(21)15(14)19)29(26,27)23-18-22-5-7-28-18/h5,7-8,11-12H,2-4,6,9-10H2,1H3,(H,22,23). The predicted octanol–water partition coefficient (Wildman–Crippen LogP) is 3.80. The van der Waals surface area contributed by atoms with Crippen molar-refractivity contribution in [3.63, 3.8) is 0 Å². The summed E-state index contributed by atoms with van der Waals surface area (Å²) >= 11 is 7.16. The van der Waals surface area contributed by atoms with Crippen molar-refractivity contribution in [3.8, 4) is 0 Å². The van der Waals surface area contributed by atoms with Gasteiger partial charge in [-0.15, -0.1) is 11.3 Å². The molecule has 158 valence electrons. The van der Waals surface area contributed by atoms with E-state index in [1.807, 2.05) is 4.90 Å². The van der Waals surface area contributed by atoms with Gasteiger partial charge in [-0.3, -0.25) is 4.72 Å². The van der Waals surface area contributed by atoms with Crippen molar-refractivity contribution >= 4 is 43.8 Å². The van der Waals surface area contributed by atoms with Gasteiger partial charge in [0.2, 0.25) is 0 Å². The van der Waals surface area contributed by atoms with Crippen LogP contribution in [0.15, 0.2) is 22.5 Å². The van der Waals surface area contributed by atoms with E-state index in [1.54, 1.807) is 5.38 Å². The Bertz CT molecular complexity index is 1000. The smallest absolute Gasteiger partial charge is 0.269 e. The Kier molecular flexibility index (Phi) is 5.71. The summed E-state index contributed by atoms with van der Waals surface area (Å²) in [5, 5.41) is 1.18. The number of aromatic nitrogens is 1. The van der Waals surface area contributed by atoms with Crippen LogP contribution in [-0.4, -0.2) is 51.0 Å². The van der Waals surface area contributed by atoms with Gasteiger partial charge in [0.25, 0.3) is 10.0 Å². The highest BCUT2D eigenvalue weighted by atomic mass is 35.5. The fourth-order valence-corrected chi connectivity index (χ4v) is 6.01. The van der Waals surface area contributed by atoms with E-state index in [9.17, 15) is 17.2 Å². The first-order valence-corrected chi connectivity index (χ1v) is 12.1. The Hall–Kier alpha value is -1.49. The number of benzene rings is 1. The molecule has 1 N–H and O–H groups in total. The molecule has 6 nitrogen and oxygen atoms in total. The number of halogens is 3. The molecule has 2 heterocycles. The lowest BCUT2D eigenvalue weighted by atomic mass is 10.1. The highest BCUT2D eigenvalue weighted by Gasteiger charge is 2.34. The van der Waals surface area contributed by atoms with Gasteiger partial charge in [-0.2, -0.15) is 0 Å². The fourth-order valence-electron chi connectivity index (χ4n) is 3.75. The lowest BCUT2D eigenvalue weighted by Gasteiger charge is -2.23. The van der Waals surface area contributed by atoms with E-state index in [-0.39, 0.29) is 15.8 Å². The fraction of sp³-hybridized carbons (Fsp3) is 0.500. The van der Waals surface area contributed by atoms with Crippen molar-refractivity contribution in [1.29, 1.82) is 0 Å². The number of rotatable bonds is 7. The van der Waals surface area contributed by atoms with Gasteiger partial charge in [-0.25, -0.2) is 22.2 Å². The van der Waals surface area contributed by atoms with Gasteiger partial charge in [-0.1, -0.05) is 11.6 Å². The molecule has 1 aromatic carbocycles. The van der Waals surface area contributed by atoms with E-state index in [2.05, 4.69) is 21.7 Å². The number of hydrogen-bond acceptors (Lipinski definition) is 6. The third-order valence-corrected chi connectivity index (χ3v) is 7.91. The van der Waals surface area contributed by atoms with Crippen LogP contribution in [0.1, 0.15) is 19.3 Å². The van der Waals surface area contributed by atoms with Gasteiger partial charge in [0.1, 0.15) is 10.8 Å². The molecule has 11 heteroatoms. The minimum atomic E-state index is -4.50. The summed E-state index contributed by atoms with van der Waals surface area (Å²) in [4.78, 5) is 6.84. The average Bonchev–Trinajstić information content (AvgIpc) is 3.21. The second-order valence-electron chi connectivity index (χ2n) is 7.55. The summed E-state index contributed by atoms with van der Waals surface area (Å²) in [7, 11) is -2.40. The zero-order valence-electron chi connectivity index (χ0n) is 15.7. The molecule has 0 bridgehead atoms. The van der Waals surface area contributed by atoms with E-state index < -0.39 is 26.6 Å². The number of anilines is 2. The summed E-state index contributed by atoms with van der Waals surface area (Å²) in [5.41, 5.74) is 0.187. The molecule has 2 aliphatic rings. The molecule has 1 aliphatic heterocycles. The molecule has 1 aromatic heterocycles. The monoisotopic (exact) mass is 462 g/mol. The minimum absolute atomic E-state index is 0.0196. The molecule has 1 aliphatic carbocycles. The van der Waals surface area contributed by atoms with Crippen LogP contribution >= 0.6 is 22.9 Å². The molecule has 0 spiro atoms. The molecular weight excluding hydrogens is 442 g/mol. The van der Waals surface area contributed by atoms with Gasteiger partial charge in [-0.05, 0) is 32.2 Å². The Labute approximate surface area is 177 Å². The van der Waals surface area contributed by atoms with E-state index >= 15 is 0 Å². The molecule has 29 heavy (non-hydrogen) atoms. The van der Waals surface area contributed by atoms with Crippen LogP contribution in [0, 0.1) is 17.6 Å². The first kappa shape index (κ1) is 20.8. The molecule has 0 amide bonds. The minimum Gasteiger partial charge on any atom is -0.370 e. The van der Waals surface area contributed by atoms with Crippen LogP contribution in [0.25, 0.3) is 0 Å². The van der Waals surface area contributed by atoms with Gasteiger partial charge in [0.15, 0.2) is 15.8 Å². The Morgan fingerprint density at radius 1 is 1.38 bits per heavy atom. The Morgan fingerprint density at radius 3 is 2.79 bits per heavy atom. The number of sulfonamides is 1. The van der Waals surface area contributed by atoms with Crippen LogP contribution < -0.4 is 9.62 Å². The number of hydrogen-bond donors (Lipinski definition) is 1. The maximum Gasteiger partial charge on any atom is 0.269 e. The normalized spacial score (nSPS) is 19.9. The van der Waals surface area contributed by atoms with E-state index in [0.717, 1.165) is 30.4 Å². The summed E-state index contributed by atoms with van der Waals surface area (Å²) in [6.45, 7) is 2.16. The van der Waals surface area contributed by atoms with Crippen LogP contribution in [0.3, 0.4) is 0 Å². The third-order valence-electron chi connectivity index (χ3n) is 5.36. The maximum absolute atomic E-state index is 14.9. The van der Waals surface area contributed by atoms with Gasteiger partial charge < -0.3 is 9.80 Å². The zero-order valence-corrected chi connectivity index (χ0v) is 18.1. The lowest BCUT2D eigenvalue weighted by molar-refractivity contribution is 0.277. The molecular formula is C18H21ClF2N4O2S2. The highest BCUT2D eigenvalue weighted by Crippen LogP contribution is 2.38. The molecule has 0 radical (unpaired) electrons. The van der Waals surface area contributed by atoms with Crippen molar-refractivity contribution in [2.24, 2.45) is 5.92 Å². The van der Waals surface area contributed by atoms with Crippen molar-refractivity contribution in [2.45, 2.75) is 30.2 Å². The maximum atomic E-state index is 14.9. The predicted molar refractivity (Wildman–Crippen MR) is 110 cm³/mol. The molecule has 1 saturated carbocycles. The molecule has 1 atom stereocenters. The molecule has 2 fully saturated rings. The van der Waals surface area contributed by atoms with Crippen LogP contribution in [0.2, 0.25) is 5.02 Å². The summed E-state index contributed by atoms with van der Waals surface area (Å²) in [6, 6.07) is 1.66. The largest absolute Gasteiger partial charge is 0.370 e. The molecule has 4 rings (SSSR count). The van der Waals surface area contributed by atoms with E-state index in [4.69, 9.17) is 11.6 Å². The first-order valence-electron chi connectivity index (χ1n) is 9.31. The third kappa shape index (κ3) is 4.35. The van der Waals surface area contributed by atoms with E-state index in [1.165, 1.54) is 19.0 Å². The second-order valence-corrected chi connectivity index (χ2v) is 10.4. The van der Waals surface area contributed by atoms with Crippen LogP contribution in [-0.2, 0) is 10.0 Å². The van der Waals surface area contributed by atoms with Crippen molar-refractivity contribution in [2.75, 3.05) is 36.3 Å². The number of thiazole rings is 1. The first-order chi connectivity index (χ1) is 13.8. The summed E-state index contributed by atoms with van der Waals surface area (Å²) in [6.07, 6.45) is 4.72. The lowest BCUT2D eigenvalue weighted by Crippen LogP contribution is -2.30. The zero-order chi connectivity index (χ0) is 20.8. The number of nitrogens with zero attached hydrogens (tertiary/aromatic N) is 3. The van der Waals surface area contributed by atoms with Gasteiger partial charge >= 0.3 is 0 Å². The Balaban J connectivity index is 1.55. The quantitative estimate of drug-likeness (QED) is 0.634. The van der Waals surface area contributed by atoms with Crippen LogP contribution in [0.4, 0.5) is 19.6 Å². The molecule has 1 unspecified atom stereocenters.